The van der Waals surface area contributed by atoms with Crippen molar-refractivity contribution < 1.29 is 27.4 Å². The summed E-state index contributed by atoms with van der Waals surface area (Å²) in [7, 11) is 0. The molecular weight excluding hydrogens is 481 g/mol. The molecule has 0 radical (unpaired) electrons. The SMILES string of the molecule is O=C1OC2(CCN(CC3CCCCC3)CC2)C(Cc2ccc(F)cc2)N1Cc1ccc(OC(F)F)cc1. The lowest BCUT2D eigenvalue weighted by molar-refractivity contribution is -0.0498. The van der Waals surface area contributed by atoms with E-state index >= 15 is 0 Å². The summed E-state index contributed by atoms with van der Waals surface area (Å²) in [6.07, 6.45) is 8.32. The molecule has 2 aliphatic heterocycles. The van der Waals surface area contributed by atoms with Crippen LogP contribution in [0, 0.1) is 11.7 Å². The van der Waals surface area contributed by atoms with Gasteiger partial charge in [-0.25, -0.2) is 9.18 Å². The topological polar surface area (TPSA) is 42.0 Å². The van der Waals surface area contributed by atoms with Gasteiger partial charge in [-0.3, -0.25) is 4.90 Å². The zero-order chi connectivity index (χ0) is 25.8. The first kappa shape index (κ1) is 25.9. The third-order valence-electron chi connectivity index (χ3n) is 8.30. The molecule has 5 nitrogen and oxygen atoms in total. The molecule has 200 valence electrons. The van der Waals surface area contributed by atoms with Crippen LogP contribution in [0.25, 0.3) is 0 Å². The number of hydrogen-bond acceptors (Lipinski definition) is 4. The highest BCUT2D eigenvalue weighted by atomic mass is 19.3. The molecule has 1 amide bonds. The van der Waals surface area contributed by atoms with E-state index in [1.54, 1.807) is 29.2 Å². The van der Waals surface area contributed by atoms with Crippen molar-refractivity contribution >= 4 is 6.09 Å². The number of halogens is 3. The summed E-state index contributed by atoms with van der Waals surface area (Å²) in [5.74, 6) is 0.543. The van der Waals surface area contributed by atoms with E-state index in [2.05, 4.69) is 9.64 Å². The van der Waals surface area contributed by atoms with E-state index < -0.39 is 12.2 Å². The number of amides is 1. The van der Waals surface area contributed by atoms with E-state index in [1.165, 1.54) is 56.4 Å². The Kier molecular flexibility index (Phi) is 7.93. The van der Waals surface area contributed by atoms with Gasteiger partial charge in [0.25, 0.3) is 0 Å². The second-order valence-electron chi connectivity index (χ2n) is 10.7. The molecule has 2 aromatic rings. The number of nitrogens with zero attached hydrogens (tertiary/aromatic N) is 2. The maximum Gasteiger partial charge on any atom is 0.411 e. The molecule has 3 fully saturated rings. The normalized spacial score (nSPS) is 22.5. The number of ether oxygens (including phenoxy) is 2. The van der Waals surface area contributed by atoms with Crippen LogP contribution >= 0.6 is 0 Å². The zero-order valence-corrected chi connectivity index (χ0v) is 21.1. The highest BCUT2D eigenvalue weighted by Crippen LogP contribution is 2.41. The fourth-order valence-corrected chi connectivity index (χ4v) is 6.28. The maximum atomic E-state index is 13.6. The molecule has 37 heavy (non-hydrogen) atoms. The highest BCUT2D eigenvalue weighted by molar-refractivity contribution is 5.72. The molecule has 2 aromatic carbocycles. The minimum absolute atomic E-state index is 0.0763. The number of likely N-dealkylation sites (tertiary alicyclic amines) is 1. The summed E-state index contributed by atoms with van der Waals surface area (Å²) in [5.41, 5.74) is 1.14. The van der Waals surface area contributed by atoms with Crippen molar-refractivity contribution in [1.82, 2.24) is 9.80 Å². The summed E-state index contributed by atoms with van der Waals surface area (Å²) >= 11 is 0. The molecular formula is C29H35F3N2O3. The first-order chi connectivity index (χ1) is 17.9. The molecule has 1 atom stereocenters. The Balaban J connectivity index is 1.32. The third-order valence-corrected chi connectivity index (χ3v) is 8.30. The standard InChI is InChI=1S/C29H35F3N2O3/c30-24-10-6-21(7-11-24)18-26-29(14-16-33(17-15-29)19-22-4-2-1-3-5-22)37-28(35)34(26)20-23-8-12-25(13-9-23)36-27(31)32/h6-13,22,26-27H,1-5,14-20H2. The van der Waals surface area contributed by atoms with Crippen molar-refractivity contribution in [3.63, 3.8) is 0 Å². The van der Waals surface area contributed by atoms with E-state index in [9.17, 15) is 18.0 Å². The summed E-state index contributed by atoms with van der Waals surface area (Å²) in [5, 5.41) is 0. The first-order valence-corrected chi connectivity index (χ1v) is 13.4. The smallest absolute Gasteiger partial charge is 0.411 e. The quantitative estimate of drug-likeness (QED) is 0.407. The number of carbonyl (C=O) groups is 1. The third kappa shape index (κ3) is 6.22. The maximum absolute atomic E-state index is 13.6. The van der Waals surface area contributed by atoms with Gasteiger partial charge in [0.2, 0.25) is 0 Å². The van der Waals surface area contributed by atoms with Crippen molar-refractivity contribution in [3.05, 3.63) is 65.5 Å². The van der Waals surface area contributed by atoms with Gasteiger partial charge < -0.3 is 14.4 Å². The largest absolute Gasteiger partial charge is 0.440 e. The molecule has 1 saturated carbocycles. The van der Waals surface area contributed by atoms with Crippen LogP contribution in [0.15, 0.2) is 48.5 Å². The Labute approximate surface area is 216 Å². The van der Waals surface area contributed by atoms with Gasteiger partial charge in [-0.1, -0.05) is 43.5 Å². The van der Waals surface area contributed by atoms with E-state index in [4.69, 9.17) is 4.74 Å². The van der Waals surface area contributed by atoms with E-state index in [0.29, 0.717) is 13.0 Å². The van der Waals surface area contributed by atoms with Crippen LogP contribution in [-0.4, -0.2) is 53.8 Å². The van der Waals surface area contributed by atoms with Crippen LogP contribution in [0.5, 0.6) is 5.75 Å². The van der Waals surface area contributed by atoms with Crippen molar-refractivity contribution in [2.45, 2.75) is 76.2 Å². The van der Waals surface area contributed by atoms with Gasteiger partial charge in [0.1, 0.15) is 17.2 Å². The van der Waals surface area contributed by atoms with Crippen molar-refractivity contribution in [2.75, 3.05) is 19.6 Å². The van der Waals surface area contributed by atoms with Gasteiger partial charge in [0.05, 0.1) is 6.04 Å². The zero-order valence-electron chi connectivity index (χ0n) is 21.1. The number of piperidine rings is 1. The van der Waals surface area contributed by atoms with Gasteiger partial charge in [-0.2, -0.15) is 8.78 Å². The lowest BCUT2D eigenvalue weighted by Crippen LogP contribution is -2.54. The minimum atomic E-state index is -2.89. The van der Waals surface area contributed by atoms with Gasteiger partial charge in [-0.05, 0) is 60.6 Å². The Morgan fingerprint density at radius 1 is 0.946 bits per heavy atom. The summed E-state index contributed by atoms with van der Waals surface area (Å²) < 4.78 is 49.2. The number of carbonyl (C=O) groups excluding carboxylic acids is 1. The lowest BCUT2D eigenvalue weighted by Gasteiger charge is -2.43. The van der Waals surface area contributed by atoms with E-state index in [1.807, 2.05) is 0 Å². The fourth-order valence-electron chi connectivity index (χ4n) is 6.28. The minimum Gasteiger partial charge on any atom is -0.440 e. The molecule has 2 saturated heterocycles. The van der Waals surface area contributed by atoms with Gasteiger partial charge >= 0.3 is 12.7 Å². The van der Waals surface area contributed by atoms with Crippen LogP contribution in [0.2, 0.25) is 0 Å². The molecule has 1 aliphatic carbocycles. The predicted octanol–water partition coefficient (Wildman–Crippen LogP) is 6.41. The molecule has 5 rings (SSSR count). The Morgan fingerprint density at radius 3 is 2.24 bits per heavy atom. The molecule has 1 unspecified atom stereocenters. The van der Waals surface area contributed by atoms with Gasteiger partial charge in [0, 0.05) is 39.0 Å². The number of hydrogen-bond donors (Lipinski definition) is 0. The molecule has 8 heteroatoms. The van der Waals surface area contributed by atoms with Crippen LogP contribution < -0.4 is 4.74 Å². The average molecular weight is 517 g/mol. The van der Waals surface area contributed by atoms with Crippen LogP contribution in [0.4, 0.5) is 18.0 Å². The first-order valence-electron chi connectivity index (χ1n) is 13.4. The lowest BCUT2D eigenvalue weighted by atomic mass is 9.80. The molecule has 3 aliphatic rings. The second-order valence-corrected chi connectivity index (χ2v) is 10.7. The van der Waals surface area contributed by atoms with Crippen molar-refractivity contribution in [1.29, 1.82) is 0 Å². The summed E-state index contributed by atoms with van der Waals surface area (Å²) in [6, 6.07) is 12.6. The average Bonchev–Trinajstić information content (AvgIpc) is 3.13. The molecule has 0 N–H and O–H groups in total. The Hall–Kier alpha value is -2.74. The van der Waals surface area contributed by atoms with E-state index in [0.717, 1.165) is 49.5 Å². The molecule has 0 aromatic heterocycles. The highest BCUT2D eigenvalue weighted by Gasteiger charge is 2.54. The number of benzene rings is 2. The number of rotatable bonds is 8. The number of alkyl halides is 2. The predicted molar refractivity (Wildman–Crippen MR) is 134 cm³/mol. The molecule has 2 heterocycles. The molecule has 0 bridgehead atoms. The van der Waals surface area contributed by atoms with Crippen LogP contribution in [0.1, 0.15) is 56.1 Å². The van der Waals surface area contributed by atoms with Crippen LogP contribution in [0.3, 0.4) is 0 Å². The monoisotopic (exact) mass is 516 g/mol. The van der Waals surface area contributed by atoms with Crippen LogP contribution in [-0.2, 0) is 17.7 Å². The van der Waals surface area contributed by atoms with Gasteiger partial charge in [-0.15, -0.1) is 0 Å². The van der Waals surface area contributed by atoms with E-state index in [-0.39, 0.29) is 23.7 Å². The summed E-state index contributed by atoms with van der Waals surface area (Å²) in [6.45, 7) is 0.300. The van der Waals surface area contributed by atoms with Gasteiger partial charge in [0.15, 0.2) is 0 Å². The summed E-state index contributed by atoms with van der Waals surface area (Å²) in [4.78, 5) is 17.5. The second kappa shape index (κ2) is 11.3. The Bertz CT molecular complexity index is 1030. The fraction of sp³-hybridized carbons (Fsp3) is 0.552. The van der Waals surface area contributed by atoms with Crippen molar-refractivity contribution in [3.8, 4) is 5.75 Å². The molecule has 1 spiro atoms. The van der Waals surface area contributed by atoms with Crippen molar-refractivity contribution in [2.24, 2.45) is 5.92 Å². The Morgan fingerprint density at radius 2 is 1.59 bits per heavy atom.